The van der Waals surface area contributed by atoms with Gasteiger partial charge in [0.05, 0.1) is 6.10 Å². The van der Waals surface area contributed by atoms with Gasteiger partial charge in [-0.1, -0.05) is 5.10 Å². The van der Waals surface area contributed by atoms with Crippen LogP contribution in [-0.2, 0) is 10.6 Å². The van der Waals surface area contributed by atoms with Gasteiger partial charge in [0, 0.05) is 19.7 Å². The molecule has 0 spiro atoms. The van der Waals surface area contributed by atoms with Crippen molar-refractivity contribution in [3.05, 3.63) is 5.89 Å². The van der Waals surface area contributed by atoms with E-state index in [-0.39, 0.29) is 12.0 Å². The number of hydrogen-bond donors (Lipinski definition) is 0. The molecule has 1 fully saturated rings. The number of aromatic nitrogens is 2. The first kappa shape index (κ1) is 11.7. The van der Waals surface area contributed by atoms with Gasteiger partial charge in [-0.25, -0.2) is 0 Å². The van der Waals surface area contributed by atoms with Gasteiger partial charge in [-0.15, -0.1) is 16.7 Å². The second-order valence-corrected chi connectivity index (χ2v) is 4.05. The number of nitrogens with zero attached hydrogens (tertiary/aromatic N) is 3. The Morgan fingerprint density at radius 3 is 2.94 bits per heavy atom. The maximum absolute atomic E-state index is 5.62. The van der Waals surface area contributed by atoms with Gasteiger partial charge in [0.1, 0.15) is 5.88 Å². The average molecular weight is 246 g/mol. The van der Waals surface area contributed by atoms with Crippen molar-refractivity contribution in [3.63, 3.8) is 0 Å². The number of hydrogen-bond acceptors (Lipinski definition) is 5. The molecule has 0 bridgehead atoms. The van der Waals surface area contributed by atoms with Crippen molar-refractivity contribution in [1.82, 2.24) is 10.2 Å². The molecule has 0 aromatic carbocycles. The fourth-order valence-electron chi connectivity index (χ4n) is 1.80. The molecule has 16 heavy (non-hydrogen) atoms. The van der Waals surface area contributed by atoms with Crippen LogP contribution in [-0.4, -0.2) is 36.0 Å². The van der Waals surface area contributed by atoms with Crippen LogP contribution in [0.3, 0.4) is 0 Å². The zero-order chi connectivity index (χ0) is 11.4. The number of anilines is 1. The van der Waals surface area contributed by atoms with E-state index in [2.05, 4.69) is 17.1 Å². The monoisotopic (exact) mass is 245 g/mol. The largest absolute Gasteiger partial charge is 0.407 e. The Kier molecular flexibility index (Phi) is 4.01. The molecule has 0 saturated carbocycles. The molecule has 0 aliphatic carbocycles. The molecule has 0 amide bonds. The summed E-state index contributed by atoms with van der Waals surface area (Å²) in [5.41, 5.74) is 0. The van der Waals surface area contributed by atoms with Crippen LogP contribution < -0.4 is 4.90 Å². The summed E-state index contributed by atoms with van der Waals surface area (Å²) in [7, 11) is 0. The van der Waals surface area contributed by atoms with E-state index in [0.29, 0.717) is 11.9 Å². The summed E-state index contributed by atoms with van der Waals surface area (Å²) >= 11 is 5.62. The standard InChI is InChI=1S/C10H16ClN3O2/c1-2-14(7-8-4-3-5-15-8)10-13-12-9(6-11)16-10/h8H,2-7H2,1H3. The van der Waals surface area contributed by atoms with Gasteiger partial charge in [-0.3, -0.25) is 0 Å². The summed E-state index contributed by atoms with van der Waals surface area (Å²) in [5, 5.41) is 7.82. The Bertz CT molecular complexity index is 326. The highest BCUT2D eigenvalue weighted by Gasteiger charge is 2.21. The van der Waals surface area contributed by atoms with Crippen LogP contribution in [0.4, 0.5) is 6.01 Å². The second kappa shape index (κ2) is 5.50. The van der Waals surface area contributed by atoms with Crippen LogP contribution in [0.5, 0.6) is 0 Å². The molecule has 2 rings (SSSR count). The van der Waals surface area contributed by atoms with E-state index in [1.54, 1.807) is 0 Å². The van der Waals surface area contributed by atoms with Crippen LogP contribution in [0.1, 0.15) is 25.7 Å². The molecular formula is C10H16ClN3O2. The van der Waals surface area contributed by atoms with E-state index in [9.17, 15) is 0 Å². The molecular weight excluding hydrogens is 230 g/mol. The minimum Gasteiger partial charge on any atom is -0.407 e. The molecule has 1 unspecified atom stereocenters. The van der Waals surface area contributed by atoms with E-state index < -0.39 is 0 Å². The molecule has 1 aromatic heterocycles. The van der Waals surface area contributed by atoms with Gasteiger partial charge in [0.25, 0.3) is 0 Å². The predicted molar refractivity (Wildman–Crippen MR) is 60.7 cm³/mol. The van der Waals surface area contributed by atoms with Gasteiger partial charge in [-0.05, 0) is 19.8 Å². The molecule has 1 aromatic rings. The number of rotatable bonds is 5. The third-order valence-electron chi connectivity index (χ3n) is 2.67. The lowest BCUT2D eigenvalue weighted by molar-refractivity contribution is 0.115. The fourth-order valence-corrected chi connectivity index (χ4v) is 1.91. The Labute approximate surface area is 99.7 Å². The van der Waals surface area contributed by atoms with Crippen LogP contribution >= 0.6 is 11.6 Å². The zero-order valence-corrected chi connectivity index (χ0v) is 10.1. The first-order chi connectivity index (χ1) is 7.83. The zero-order valence-electron chi connectivity index (χ0n) is 9.36. The molecule has 2 heterocycles. The normalized spacial score (nSPS) is 20.2. The molecule has 5 nitrogen and oxygen atoms in total. The van der Waals surface area contributed by atoms with Gasteiger partial charge in [0.15, 0.2) is 0 Å². The Morgan fingerprint density at radius 2 is 2.38 bits per heavy atom. The lowest BCUT2D eigenvalue weighted by atomic mass is 10.2. The van der Waals surface area contributed by atoms with Crippen molar-refractivity contribution >= 4 is 17.6 Å². The van der Waals surface area contributed by atoms with Crippen molar-refractivity contribution in [2.45, 2.75) is 31.7 Å². The van der Waals surface area contributed by atoms with Gasteiger partial charge < -0.3 is 14.1 Å². The van der Waals surface area contributed by atoms with E-state index in [1.807, 2.05) is 4.90 Å². The van der Waals surface area contributed by atoms with Crippen molar-refractivity contribution in [3.8, 4) is 0 Å². The van der Waals surface area contributed by atoms with E-state index in [0.717, 1.165) is 32.5 Å². The lowest BCUT2D eigenvalue weighted by Gasteiger charge is -2.21. The summed E-state index contributed by atoms with van der Waals surface area (Å²) < 4.78 is 11.0. The van der Waals surface area contributed by atoms with Crippen molar-refractivity contribution in [2.75, 3.05) is 24.6 Å². The Balaban J connectivity index is 1.97. The summed E-state index contributed by atoms with van der Waals surface area (Å²) in [5.74, 6) is 0.715. The minimum atomic E-state index is 0.254. The average Bonchev–Trinajstić information content (AvgIpc) is 2.96. The van der Waals surface area contributed by atoms with Gasteiger partial charge in [0.2, 0.25) is 5.89 Å². The summed E-state index contributed by atoms with van der Waals surface area (Å²) in [6.07, 6.45) is 2.53. The number of halogens is 1. The highest BCUT2D eigenvalue weighted by Crippen LogP contribution is 2.18. The summed E-state index contributed by atoms with van der Waals surface area (Å²) in [6, 6.07) is 0.536. The predicted octanol–water partition coefficient (Wildman–Crippen LogP) is 1.81. The van der Waals surface area contributed by atoms with Crippen molar-refractivity contribution < 1.29 is 9.15 Å². The Hall–Kier alpha value is -0.810. The third kappa shape index (κ3) is 2.65. The van der Waals surface area contributed by atoms with Crippen LogP contribution in [0.25, 0.3) is 0 Å². The number of alkyl halides is 1. The fraction of sp³-hybridized carbons (Fsp3) is 0.800. The summed E-state index contributed by atoms with van der Waals surface area (Å²) in [4.78, 5) is 2.03. The van der Waals surface area contributed by atoms with Gasteiger partial charge >= 0.3 is 6.01 Å². The molecule has 0 radical (unpaired) electrons. The number of likely N-dealkylation sites (N-methyl/N-ethyl adjacent to an activating group) is 1. The lowest BCUT2D eigenvalue weighted by Crippen LogP contribution is -2.32. The molecule has 1 atom stereocenters. The quantitative estimate of drug-likeness (QED) is 0.741. The molecule has 1 aliphatic heterocycles. The maximum atomic E-state index is 5.62. The first-order valence-electron chi connectivity index (χ1n) is 5.58. The Morgan fingerprint density at radius 1 is 1.50 bits per heavy atom. The minimum absolute atomic E-state index is 0.254. The highest BCUT2D eigenvalue weighted by atomic mass is 35.5. The molecule has 1 saturated heterocycles. The first-order valence-corrected chi connectivity index (χ1v) is 6.11. The van der Waals surface area contributed by atoms with Crippen LogP contribution in [0.2, 0.25) is 0 Å². The second-order valence-electron chi connectivity index (χ2n) is 3.79. The molecule has 90 valence electrons. The smallest absolute Gasteiger partial charge is 0.318 e. The highest BCUT2D eigenvalue weighted by molar-refractivity contribution is 6.16. The van der Waals surface area contributed by atoms with Crippen LogP contribution in [0.15, 0.2) is 4.42 Å². The van der Waals surface area contributed by atoms with Crippen molar-refractivity contribution in [2.24, 2.45) is 0 Å². The molecule has 1 aliphatic rings. The molecule has 0 N–H and O–H groups in total. The third-order valence-corrected chi connectivity index (χ3v) is 2.90. The summed E-state index contributed by atoms with van der Waals surface area (Å²) in [6.45, 7) is 4.54. The maximum Gasteiger partial charge on any atom is 0.318 e. The topological polar surface area (TPSA) is 51.4 Å². The van der Waals surface area contributed by atoms with Crippen LogP contribution in [0, 0.1) is 0 Å². The van der Waals surface area contributed by atoms with E-state index in [1.165, 1.54) is 0 Å². The van der Waals surface area contributed by atoms with E-state index in [4.69, 9.17) is 20.8 Å². The number of ether oxygens (including phenoxy) is 1. The van der Waals surface area contributed by atoms with Gasteiger partial charge in [-0.2, -0.15) is 0 Å². The van der Waals surface area contributed by atoms with Crippen molar-refractivity contribution in [1.29, 1.82) is 0 Å². The molecule has 6 heteroatoms. The van der Waals surface area contributed by atoms with E-state index >= 15 is 0 Å². The SMILES string of the molecule is CCN(CC1CCCO1)c1nnc(CCl)o1.